The summed E-state index contributed by atoms with van der Waals surface area (Å²) in [6.07, 6.45) is 2.35. The third-order valence-electron chi connectivity index (χ3n) is 3.13. The van der Waals surface area contributed by atoms with Crippen molar-refractivity contribution in [3.05, 3.63) is 53.3 Å². The van der Waals surface area contributed by atoms with E-state index in [-0.39, 0.29) is 0 Å². The molecule has 1 aromatic carbocycles. The number of pyridine rings is 1. The highest BCUT2D eigenvalue weighted by Crippen LogP contribution is 2.32. The lowest BCUT2D eigenvalue weighted by molar-refractivity contribution is 0.112. The molecule has 0 N–H and O–H groups in total. The predicted octanol–water partition coefficient (Wildman–Crippen LogP) is 3.50. The zero-order valence-electron chi connectivity index (χ0n) is 10.7. The number of carbonyl (C=O) groups excluding carboxylic acids is 1. The Morgan fingerprint density at radius 3 is 2.70 bits per heavy atom. The highest BCUT2D eigenvalue weighted by atomic mass is 35.5. The van der Waals surface area contributed by atoms with E-state index in [4.69, 9.17) is 16.3 Å². The van der Waals surface area contributed by atoms with Crippen molar-refractivity contribution in [2.24, 2.45) is 0 Å². The maximum atomic E-state index is 11.3. The van der Waals surface area contributed by atoms with Gasteiger partial charge in [0.15, 0.2) is 6.29 Å². The number of halogens is 1. The summed E-state index contributed by atoms with van der Waals surface area (Å²) >= 11 is 6.33. The molecule has 20 heavy (non-hydrogen) atoms. The van der Waals surface area contributed by atoms with E-state index in [1.165, 1.54) is 0 Å². The predicted molar refractivity (Wildman–Crippen MR) is 78.0 cm³/mol. The summed E-state index contributed by atoms with van der Waals surface area (Å²) in [7, 11) is 1.55. The Labute approximate surface area is 120 Å². The van der Waals surface area contributed by atoms with Gasteiger partial charge in [-0.3, -0.25) is 9.36 Å². The first-order valence-corrected chi connectivity index (χ1v) is 6.38. The number of hydrogen-bond acceptors (Lipinski definition) is 3. The molecule has 4 nitrogen and oxygen atoms in total. The summed E-state index contributed by atoms with van der Waals surface area (Å²) in [6.45, 7) is 0. The molecule has 0 atom stereocenters. The Morgan fingerprint density at radius 1 is 1.30 bits per heavy atom. The van der Waals surface area contributed by atoms with Crippen LogP contribution in [0.15, 0.2) is 42.6 Å². The smallest absolute Gasteiger partial charge is 0.153 e. The van der Waals surface area contributed by atoms with E-state index in [1.807, 2.05) is 30.3 Å². The standard InChI is InChI=1S/C15H11ClN2O2/c1-20-11-7-12-13(9-19)14(16)18(15(12)17-8-11)10-5-3-2-4-6-10/h2-9H,1H3. The normalized spacial score (nSPS) is 10.7. The molecular formula is C15H11ClN2O2. The lowest BCUT2D eigenvalue weighted by Crippen LogP contribution is -1.95. The summed E-state index contributed by atoms with van der Waals surface area (Å²) in [5.41, 5.74) is 1.90. The highest BCUT2D eigenvalue weighted by Gasteiger charge is 2.18. The Bertz CT molecular complexity index is 781. The maximum Gasteiger partial charge on any atom is 0.153 e. The van der Waals surface area contributed by atoms with Crippen LogP contribution in [0.4, 0.5) is 0 Å². The topological polar surface area (TPSA) is 44.1 Å². The number of ether oxygens (including phenoxy) is 1. The molecule has 0 radical (unpaired) electrons. The zero-order valence-corrected chi connectivity index (χ0v) is 11.5. The summed E-state index contributed by atoms with van der Waals surface area (Å²) in [4.78, 5) is 15.7. The van der Waals surface area contributed by atoms with Gasteiger partial charge in [0, 0.05) is 11.1 Å². The lowest BCUT2D eigenvalue weighted by Gasteiger charge is -2.06. The van der Waals surface area contributed by atoms with Gasteiger partial charge in [0.2, 0.25) is 0 Å². The van der Waals surface area contributed by atoms with Crippen molar-refractivity contribution in [2.45, 2.75) is 0 Å². The zero-order chi connectivity index (χ0) is 14.1. The third-order valence-corrected chi connectivity index (χ3v) is 3.50. The lowest BCUT2D eigenvalue weighted by atomic mass is 10.2. The van der Waals surface area contributed by atoms with Crippen LogP contribution in [-0.2, 0) is 0 Å². The van der Waals surface area contributed by atoms with E-state index in [1.54, 1.807) is 23.9 Å². The molecule has 0 fully saturated rings. The largest absolute Gasteiger partial charge is 0.495 e. The number of aldehydes is 1. The molecule has 0 aliphatic rings. The monoisotopic (exact) mass is 286 g/mol. The molecule has 3 rings (SSSR count). The van der Waals surface area contributed by atoms with E-state index in [0.29, 0.717) is 27.5 Å². The van der Waals surface area contributed by atoms with Crippen LogP contribution in [0.5, 0.6) is 5.75 Å². The van der Waals surface area contributed by atoms with Crippen LogP contribution in [0, 0.1) is 0 Å². The van der Waals surface area contributed by atoms with Crippen LogP contribution < -0.4 is 4.74 Å². The minimum absolute atomic E-state index is 0.349. The molecule has 0 saturated carbocycles. The van der Waals surface area contributed by atoms with Crippen molar-refractivity contribution >= 4 is 28.9 Å². The number of nitrogens with zero attached hydrogens (tertiary/aromatic N) is 2. The molecular weight excluding hydrogens is 276 g/mol. The molecule has 5 heteroatoms. The Hall–Kier alpha value is -2.33. The molecule has 0 unspecified atom stereocenters. The molecule has 0 aliphatic heterocycles. The maximum absolute atomic E-state index is 11.3. The van der Waals surface area contributed by atoms with Crippen molar-refractivity contribution in [3.8, 4) is 11.4 Å². The second-order valence-corrected chi connectivity index (χ2v) is 4.60. The van der Waals surface area contributed by atoms with Gasteiger partial charge in [0.05, 0.1) is 18.9 Å². The Morgan fingerprint density at radius 2 is 2.05 bits per heavy atom. The van der Waals surface area contributed by atoms with Crippen LogP contribution in [-0.4, -0.2) is 22.9 Å². The summed E-state index contributed by atoms with van der Waals surface area (Å²) in [6, 6.07) is 11.3. The molecule has 2 heterocycles. The van der Waals surface area contributed by atoms with Gasteiger partial charge in [-0.05, 0) is 18.2 Å². The number of hydrogen-bond donors (Lipinski definition) is 0. The summed E-state index contributed by atoms with van der Waals surface area (Å²) in [5.74, 6) is 0.586. The van der Waals surface area contributed by atoms with E-state index < -0.39 is 0 Å². The first kappa shape index (κ1) is 12.7. The SMILES string of the molecule is COc1cnc2c(c1)c(C=O)c(Cl)n2-c1ccccc1. The molecule has 0 spiro atoms. The number of rotatable bonds is 3. The van der Waals surface area contributed by atoms with Crippen molar-refractivity contribution in [1.29, 1.82) is 0 Å². The van der Waals surface area contributed by atoms with Gasteiger partial charge in [-0.1, -0.05) is 29.8 Å². The van der Waals surface area contributed by atoms with E-state index >= 15 is 0 Å². The Kier molecular flexibility index (Phi) is 3.16. The number of para-hydroxylation sites is 1. The van der Waals surface area contributed by atoms with Gasteiger partial charge < -0.3 is 4.74 Å². The third kappa shape index (κ3) is 1.85. The van der Waals surface area contributed by atoms with Gasteiger partial charge in [-0.2, -0.15) is 0 Å². The van der Waals surface area contributed by atoms with E-state index in [0.717, 1.165) is 12.0 Å². The van der Waals surface area contributed by atoms with Crippen LogP contribution >= 0.6 is 11.6 Å². The molecule has 100 valence electrons. The fourth-order valence-corrected chi connectivity index (χ4v) is 2.50. The summed E-state index contributed by atoms with van der Waals surface area (Å²) in [5, 5.41) is 1.02. The molecule has 3 aromatic rings. The second kappa shape index (κ2) is 4.98. The second-order valence-electron chi connectivity index (χ2n) is 4.24. The number of methoxy groups -OCH3 is 1. The average molecular weight is 287 g/mol. The van der Waals surface area contributed by atoms with Crippen LogP contribution in [0.1, 0.15) is 10.4 Å². The number of aromatic nitrogens is 2. The first-order chi connectivity index (χ1) is 9.76. The van der Waals surface area contributed by atoms with Gasteiger partial charge in [0.25, 0.3) is 0 Å². The van der Waals surface area contributed by atoms with Gasteiger partial charge in [-0.25, -0.2) is 4.98 Å². The number of benzene rings is 1. The molecule has 2 aromatic heterocycles. The Balaban J connectivity index is 2.38. The quantitative estimate of drug-likeness (QED) is 0.692. The van der Waals surface area contributed by atoms with Gasteiger partial charge >= 0.3 is 0 Å². The number of carbonyl (C=O) groups is 1. The molecule has 0 saturated heterocycles. The minimum Gasteiger partial charge on any atom is -0.495 e. The van der Waals surface area contributed by atoms with Crippen molar-refractivity contribution < 1.29 is 9.53 Å². The van der Waals surface area contributed by atoms with Gasteiger partial charge in [-0.15, -0.1) is 0 Å². The number of fused-ring (bicyclic) bond motifs is 1. The average Bonchev–Trinajstić information content (AvgIpc) is 2.78. The van der Waals surface area contributed by atoms with Crippen LogP contribution in [0.2, 0.25) is 5.15 Å². The van der Waals surface area contributed by atoms with Crippen molar-refractivity contribution in [1.82, 2.24) is 9.55 Å². The minimum atomic E-state index is 0.349. The van der Waals surface area contributed by atoms with Crippen molar-refractivity contribution in [3.63, 3.8) is 0 Å². The first-order valence-electron chi connectivity index (χ1n) is 6.01. The van der Waals surface area contributed by atoms with E-state index in [2.05, 4.69) is 4.98 Å². The van der Waals surface area contributed by atoms with E-state index in [9.17, 15) is 4.79 Å². The molecule has 0 amide bonds. The van der Waals surface area contributed by atoms with Crippen LogP contribution in [0.25, 0.3) is 16.7 Å². The molecule has 0 bridgehead atoms. The van der Waals surface area contributed by atoms with Crippen LogP contribution in [0.3, 0.4) is 0 Å². The van der Waals surface area contributed by atoms with Gasteiger partial charge in [0.1, 0.15) is 16.5 Å². The highest BCUT2D eigenvalue weighted by molar-refractivity contribution is 6.34. The fraction of sp³-hybridized carbons (Fsp3) is 0.0667. The summed E-state index contributed by atoms with van der Waals surface area (Å²) < 4.78 is 6.90. The fourth-order valence-electron chi connectivity index (χ4n) is 2.18. The van der Waals surface area contributed by atoms with Crippen molar-refractivity contribution in [2.75, 3.05) is 7.11 Å². The molecule has 0 aliphatic carbocycles.